The summed E-state index contributed by atoms with van der Waals surface area (Å²) in [7, 11) is 0. The number of hydrogen-bond acceptors (Lipinski definition) is 7. The molecule has 2 aromatic heterocycles. The molecular weight excluding hydrogens is 382 g/mol. The van der Waals surface area contributed by atoms with Gasteiger partial charge in [0.1, 0.15) is 12.2 Å². The second-order valence-electron chi connectivity index (χ2n) is 6.84. The van der Waals surface area contributed by atoms with Gasteiger partial charge in [-0.1, -0.05) is 43.7 Å². The van der Waals surface area contributed by atoms with Crippen molar-refractivity contribution in [3.05, 3.63) is 47.5 Å². The number of nitrogens with zero attached hydrogens (tertiary/aromatic N) is 4. The molecule has 0 aliphatic carbocycles. The SMILES string of the molecule is CCC[C@H]1O[C@@H](n2cnc3c(NCc4ccccc4)nc(Cl)nc32)[C@H](O)[C@@H]1O. The number of rotatable bonds is 6. The molecule has 4 atom stereocenters. The van der Waals surface area contributed by atoms with Gasteiger partial charge in [0.05, 0.1) is 12.4 Å². The van der Waals surface area contributed by atoms with Gasteiger partial charge in [0.15, 0.2) is 23.2 Å². The lowest BCUT2D eigenvalue weighted by molar-refractivity contribution is -0.0370. The van der Waals surface area contributed by atoms with Crippen molar-refractivity contribution < 1.29 is 14.9 Å². The van der Waals surface area contributed by atoms with Crippen molar-refractivity contribution in [3.63, 3.8) is 0 Å². The van der Waals surface area contributed by atoms with Crippen LogP contribution in [-0.4, -0.2) is 48.0 Å². The highest BCUT2D eigenvalue weighted by molar-refractivity contribution is 6.28. The van der Waals surface area contributed by atoms with Crippen molar-refractivity contribution in [2.24, 2.45) is 0 Å². The number of aliphatic hydroxyl groups excluding tert-OH is 2. The number of halogens is 1. The first-order valence-electron chi connectivity index (χ1n) is 9.28. The molecule has 9 heteroatoms. The van der Waals surface area contributed by atoms with Crippen LogP contribution in [0, 0.1) is 0 Å². The Labute approximate surface area is 167 Å². The minimum Gasteiger partial charge on any atom is -0.388 e. The third-order valence-corrected chi connectivity index (χ3v) is 5.05. The number of hydrogen-bond donors (Lipinski definition) is 3. The largest absolute Gasteiger partial charge is 0.388 e. The van der Waals surface area contributed by atoms with E-state index in [-0.39, 0.29) is 5.28 Å². The molecule has 3 heterocycles. The molecule has 0 unspecified atom stereocenters. The normalized spacial score (nSPS) is 24.7. The minimum absolute atomic E-state index is 0.0583. The Hall–Kier alpha value is -2.26. The molecule has 1 aliphatic heterocycles. The molecule has 0 bridgehead atoms. The number of aliphatic hydroxyl groups is 2. The number of imidazole rings is 1. The fourth-order valence-electron chi connectivity index (χ4n) is 3.46. The van der Waals surface area contributed by atoms with Crippen LogP contribution in [0.1, 0.15) is 31.6 Å². The number of fused-ring (bicyclic) bond motifs is 1. The molecule has 0 amide bonds. The van der Waals surface area contributed by atoms with E-state index in [1.165, 1.54) is 6.33 Å². The van der Waals surface area contributed by atoms with E-state index < -0.39 is 24.5 Å². The Morgan fingerprint density at radius 2 is 1.96 bits per heavy atom. The summed E-state index contributed by atoms with van der Waals surface area (Å²) >= 11 is 6.13. The van der Waals surface area contributed by atoms with E-state index in [0.29, 0.717) is 29.9 Å². The predicted molar refractivity (Wildman–Crippen MR) is 105 cm³/mol. The Balaban J connectivity index is 1.64. The van der Waals surface area contributed by atoms with Gasteiger partial charge in [0, 0.05) is 6.54 Å². The van der Waals surface area contributed by atoms with Crippen molar-refractivity contribution in [2.45, 2.75) is 50.8 Å². The summed E-state index contributed by atoms with van der Waals surface area (Å²) < 4.78 is 7.48. The Morgan fingerprint density at radius 1 is 1.18 bits per heavy atom. The molecule has 148 valence electrons. The maximum absolute atomic E-state index is 10.5. The lowest BCUT2D eigenvalue weighted by atomic mass is 10.1. The van der Waals surface area contributed by atoms with Crippen molar-refractivity contribution in [1.29, 1.82) is 0 Å². The lowest BCUT2D eigenvalue weighted by Gasteiger charge is -2.16. The number of aromatic nitrogens is 4. The monoisotopic (exact) mass is 403 g/mol. The highest BCUT2D eigenvalue weighted by Gasteiger charge is 2.43. The van der Waals surface area contributed by atoms with Crippen LogP contribution >= 0.6 is 11.6 Å². The second kappa shape index (κ2) is 8.00. The van der Waals surface area contributed by atoms with Gasteiger partial charge in [-0.2, -0.15) is 9.97 Å². The highest BCUT2D eigenvalue weighted by atomic mass is 35.5. The fourth-order valence-corrected chi connectivity index (χ4v) is 3.63. The van der Waals surface area contributed by atoms with E-state index in [1.807, 2.05) is 37.3 Å². The van der Waals surface area contributed by atoms with E-state index in [9.17, 15) is 10.2 Å². The maximum Gasteiger partial charge on any atom is 0.226 e. The van der Waals surface area contributed by atoms with E-state index in [2.05, 4.69) is 20.3 Å². The van der Waals surface area contributed by atoms with Crippen LogP contribution in [0.15, 0.2) is 36.7 Å². The number of anilines is 1. The zero-order chi connectivity index (χ0) is 19.7. The molecule has 4 rings (SSSR count). The molecule has 3 aromatic rings. The van der Waals surface area contributed by atoms with E-state index in [1.54, 1.807) is 4.57 Å². The predicted octanol–water partition coefficient (Wildman–Crippen LogP) is 2.51. The average Bonchev–Trinajstić information content (AvgIpc) is 3.23. The van der Waals surface area contributed by atoms with Crippen LogP contribution in [0.25, 0.3) is 11.2 Å². The quantitative estimate of drug-likeness (QED) is 0.543. The van der Waals surface area contributed by atoms with E-state index >= 15 is 0 Å². The van der Waals surface area contributed by atoms with Crippen molar-refractivity contribution in [2.75, 3.05) is 5.32 Å². The van der Waals surface area contributed by atoms with Crippen molar-refractivity contribution in [3.8, 4) is 0 Å². The molecule has 8 nitrogen and oxygen atoms in total. The Bertz CT molecular complexity index is 951. The number of ether oxygens (including phenoxy) is 1. The summed E-state index contributed by atoms with van der Waals surface area (Å²) in [6, 6.07) is 9.89. The minimum atomic E-state index is -1.08. The third-order valence-electron chi connectivity index (χ3n) is 4.88. The van der Waals surface area contributed by atoms with Gasteiger partial charge in [-0.05, 0) is 23.6 Å². The van der Waals surface area contributed by atoms with Gasteiger partial charge in [0.2, 0.25) is 5.28 Å². The summed E-state index contributed by atoms with van der Waals surface area (Å²) in [4.78, 5) is 12.9. The molecule has 0 saturated carbocycles. The summed E-state index contributed by atoms with van der Waals surface area (Å²) in [6.45, 7) is 2.55. The molecule has 1 aliphatic rings. The third kappa shape index (κ3) is 3.56. The Morgan fingerprint density at radius 3 is 2.71 bits per heavy atom. The Kier molecular flexibility index (Phi) is 5.45. The van der Waals surface area contributed by atoms with Crippen molar-refractivity contribution >= 4 is 28.6 Å². The summed E-state index contributed by atoms with van der Waals surface area (Å²) in [6.07, 6.45) is -0.245. The summed E-state index contributed by atoms with van der Waals surface area (Å²) in [5, 5.41) is 24.0. The molecule has 28 heavy (non-hydrogen) atoms. The highest BCUT2D eigenvalue weighted by Crippen LogP contribution is 2.34. The summed E-state index contributed by atoms with van der Waals surface area (Å²) in [5.41, 5.74) is 2.04. The molecule has 1 saturated heterocycles. The average molecular weight is 404 g/mol. The van der Waals surface area contributed by atoms with Crippen LogP contribution < -0.4 is 5.32 Å². The maximum atomic E-state index is 10.5. The number of benzene rings is 1. The fraction of sp³-hybridized carbons (Fsp3) is 0.421. The first-order chi connectivity index (χ1) is 13.6. The van der Waals surface area contributed by atoms with Gasteiger partial charge < -0.3 is 20.3 Å². The van der Waals surface area contributed by atoms with E-state index in [0.717, 1.165) is 12.0 Å². The van der Waals surface area contributed by atoms with Crippen molar-refractivity contribution in [1.82, 2.24) is 19.5 Å². The standard InChI is InChI=1S/C19H22ClN5O3/c1-2-6-12-14(26)15(27)18(28-12)25-10-22-13-16(23-19(20)24-17(13)25)21-9-11-7-4-3-5-8-11/h3-5,7-8,10,12,14-15,18,26-27H,2,6,9H2,1H3,(H,21,23,24)/t12-,14-,15-,18-/m1/s1. The lowest BCUT2D eigenvalue weighted by Crippen LogP contribution is -2.31. The molecular formula is C19H22ClN5O3. The van der Waals surface area contributed by atoms with Crippen LogP contribution in [0.5, 0.6) is 0 Å². The second-order valence-corrected chi connectivity index (χ2v) is 7.18. The first-order valence-corrected chi connectivity index (χ1v) is 9.65. The molecule has 0 spiro atoms. The number of nitrogens with one attached hydrogen (secondary N) is 1. The zero-order valence-electron chi connectivity index (χ0n) is 15.4. The van der Waals surface area contributed by atoms with Crippen LogP contribution in [0.2, 0.25) is 5.28 Å². The van der Waals surface area contributed by atoms with Gasteiger partial charge >= 0.3 is 0 Å². The molecule has 1 aromatic carbocycles. The van der Waals surface area contributed by atoms with Crippen LogP contribution in [0.4, 0.5) is 5.82 Å². The topological polar surface area (TPSA) is 105 Å². The summed E-state index contributed by atoms with van der Waals surface area (Å²) in [5.74, 6) is 0.496. The van der Waals surface area contributed by atoms with Gasteiger partial charge in [0.25, 0.3) is 0 Å². The molecule has 3 N–H and O–H groups in total. The van der Waals surface area contributed by atoms with Gasteiger partial charge in [-0.3, -0.25) is 4.57 Å². The van der Waals surface area contributed by atoms with Crippen LogP contribution in [0.3, 0.4) is 0 Å². The van der Waals surface area contributed by atoms with E-state index in [4.69, 9.17) is 16.3 Å². The molecule has 0 radical (unpaired) electrons. The molecule has 1 fully saturated rings. The first kappa shape index (κ1) is 19.1. The smallest absolute Gasteiger partial charge is 0.226 e. The van der Waals surface area contributed by atoms with Crippen LogP contribution in [-0.2, 0) is 11.3 Å². The zero-order valence-corrected chi connectivity index (χ0v) is 16.1. The van der Waals surface area contributed by atoms with Gasteiger partial charge in [-0.25, -0.2) is 4.98 Å². The van der Waals surface area contributed by atoms with Gasteiger partial charge in [-0.15, -0.1) is 0 Å².